The quantitative estimate of drug-likeness (QED) is 0.659. The lowest BCUT2D eigenvalue weighted by atomic mass is 10.2. The molecular formula is C16H21F2N3O4. The van der Waals surface area contributed by atoms with E-state index < -0.39 is 40.3 Å². The number of rotatable bonds is 4. The number of nitro groups is 1. The minimum absolute atomic E-state index is 0.0894. The summed E-state index contributed by atoms with van der Waals surface area (Å²) in [4.78, 5) is 23.8. The SMILES string of the molecule is CC(C)(C)OC(=O)N1C[C@@H](F)C[C@H]1CNc1ccc(F)cc1[N+](=O)[O-]. The molecule has 1 heterocycles. The number of hydrogen-bond donors (Lipinski definition) is 1. The van der Waals surface area contributed by atoms with E-state index in [1.54, 1.807) is 20.8 Å². The third-order valence-electron chi connectivity index (χ3n) is 3.68. The van der Waals surface area contributed by atoms with Crippen LogP contribution < -0.4 is 5.32 Å². The monoisotopic (exact) mass is 357 g/mol. The molecule has 0 bridgehead atoms. The Morgan fingerprint density at radius 2 is 2.16 bits per heavy atom. The first-order chi connectivity index (χ1) is 11.6. The Bertz CT molecular complexity index is 663. The molecule has 2 rings (SSSR count). The van der Waals surface area contributed by atoms with Crippen molar-refractivity contribution < 1.29 is 23.2 Å². The van der Waals surface area contributed by atoms with Crippen molar-refractivity contribution >= 4 is 17.5 Å². The lowest BCUT2D eigenvalue weighted by molar-refractivity contribution is -0.384. The third-order valence-corrected chi connectivity index (χ3v) is 3.68. The van der Waals surface area contributed by atoms with Gasteiger partial charge in [-0.15, -0.1) is 0 Å². The summed E-state index contributed by atoms with van der Waals surface area (Å²) < 4.78 is 32.2. The van der Waals surface area contributed by atoms with Gasteiger partial charge in [0.05, 0.1) is 23.6 Å². The van der Waals surface area contributed by atoms with Gasteiger partial charge in [-0.25, -0.2) is 13.6 Å². The van der Waals surface area contributed by atoms with Crippen LogP contribution in [-0.4, -0.2) is 46.8 Å². The summed E-state index contributed by atoms with van der Waals surface area (Å²) in [6, 6.07) is 2.62. The summed E-state index contributed by atoms with van der Waals surface area (Å²) in [5.41, 5.74) is -1.02. The lowest BCUT2D eigenvalue weighted by Crippen LogP contribution is -2.42. The molecule has 138 valence electrons. The van der Waals surface area contributed by atoms with Gasteiger partial charge in [0.25, 0.3) is 5.69 Å². The van der Waals surface area contributed by atoms with Crippen molar-refractivity contribution in [1.29, 1.82) is 0 Å². The lowest BCUT2D eigenvalue weighted by Gasteiger charge is -2.28. The van der Waals surface area contributed by atoms with Crippen LogP contribution in [0.25, 0.3) is 0 Å². The van der Waals surface area contributed by atoms with Gasteiger partial charge in [-0.2, -0.15) is 0 Å². The second kappa shape index (κ2) is 7.20. The minimum atomic E-state index is -1.19. The van der Waals surface area contributed by atoms with Gasteiger partial charge in [-0.1, -0.05) is 0 Å². The van der Waals surface area contributed by atoms with Gasteiger partial charge in [-0.05, 0) is 32.9 Å². The van der Waals surface area contributed by atoms with E-state index in [1.165, 1.54) is 11.0 Å². The second-order valence-corrected chi connectivity index (χ2v) is 6.92. The van der Waals surface area contributed by atoms with Gasteiger partial charge < -0.3 is 15.0 Å². The van der Waals surface area contributed by atoms with Gasteiger partial charge in [0.2, 0.25) is 0 Å². The number of likely N-dealkylation sites (tertiary alicyclic amines) is 1. The van der Waals surface area contributed by atoms with Gasteiger partial charge in [0.15, 0.2) is 0 Å². The number of amides is 1. The fourth-order valence-corrected chi connectivity index (χ4v) is 2.63. The summed E-state index contributed by atoms with van der Waals surface area (Å²) >= 11 is 0. The van der Waals surface area contributed by atoms with Crippen LogP contribution in [0.2, 0.25) is 0 Å². The smallest absolute Gasteiger partial charge is 0.410 e. The molecule has 1 amide bonds. The van der Waals surface area contributed by atoms with Crippen LogP contribution in [0.5, 0.6) is 0 Å². The molecule has 0 radical (unpaired) electrons. The molecule has 1 fully saturated rings. The molecule has 1 N–H and O–H groups in total. The number of ether oxygens (including phenoxy) is 1. The molecule has 0 spiro atoms. The number of carbonyl (C=O) groups excluding carboxylic acids is 1. The molecule has 0 aliphatic carbocycles. The molecule has 1 aliphatic heterocycles. The summed E-state index contributed by atoms with van der Waals surface area (Å²) in [6.45, 7) is 5.13. The molecule has 0 saturated carbocycles. The van der Waals surface area contributed by atoms with E-state index in [9.17, 15) is 23.7 Å². The molecule has 1 aromatic carbocycles. The molecule has 1 aromatic rings. The number of benzene rings is 1. The maximum Gasteiger partial charge on any atom is 0.410 e. The summed E-state index contributed by atoms with van der Waals surface area (Å²) in [5.74, 6) is -0.725. The van der Waals surface area contributed by atoms with E-state index >= 15 is 0 Å². The van der Waals surface area contributed by atoms with Crippen molar-refractivity contribution in [1.82, 2.24) is 4.90 Å². The number of nitrogens with zero attached hydrogens (tertiary/aromatic N) is 2. The number of hydrogen-bond acceptors (Lipinski definition) is 5. The van der Waals surface area contributed by atoms with Crippen molar-refractivity contribution in [3.8, 4) is 0 Å². The molecule has 0 unspecified atom stereocenters. The highest BCUT2D eigenvalue weighted by Crippen LogP contribution is 2.27. The maximum atomic E-state index is 13.8. The maximum absolute atomic E-state index is 13.8. The average molecular weight is 357 g/mol. The molecule has 1 saturated heterocycles. The summed E-state index contributed by atoms with van der Waals surface area (Å²) in [5, 5.41) is 13.8. The predicted molar refractivity (Wildman–Crippen MR) is 87.8 cm³/mol. The van der Waals surface area contributed by atoms with Crippen LogP contribution in [0, 0.1) is 15.9 Å². The Kier molecular flexibility index (Phi) is 5.44. The van der Waals surface area contributed by atoms with Crippen molar-refractivity contribution in [3.63, 3.8) is 0 Å². The number of anilines is 1. The highest BCUT2D eigenvalue weighted by atomic mass is 19.1. The number of carbonyl (C=O) groups is 1. The highest BCUT2D eigenvalue weighted by Gasteiger charge is 2.37. The van der Waals surface area contributed by atoms with Crippen LogP contribution in [0.3, 0.4) is 0 Å². The van der Waals surface area contributed by atoms with E-state index in [2.05, 4.69) is 5.32 Å². The first-order valence-electron chi connectivity index (χ1n) is 7.88. The largest absolute Gasteiger partial charge is 0.444 e. The van der Waals surface area contributed by atoms with E-state index in [-0.39, 0.29) is 25.2 Å². The number of nitro benzene ring substituents is 1. The van der Waals surface area contributed by atoms with Crippen molar-refractivity contribution in [3.05, 3.63) is 34.1 Å². The number of nitrogens with one attached hydrogen (secondary N) is 1. The molecule has 25 heavy (non-hydrogen) atoms. The van der Waals surface area contributed by atoms with Gasteiger partial charge >= 0.3 is 6.09 Å². The zero-order valence-corrected chi connectivity index (χ0v) is 14.3. The first kappa shape index (κ1) is 18.9. The van der Waals surface area contributed by atoms with E-state index in [0.29, 0.717) is 0 Å². The zero-order valence-electron chi connectivity index (χ0n) is 14.3. The fourth-order valence-electron chi connectivity index (χ4n) is 2.63. The first-order valence-corrected chi connectivity index (χ1v) is 7.88. The third kappa shape index (κ3) is 5.01. The number of halogens is 2. The van der Waals surface area contributed by atoms with Crippen LogP contribution >= 0.6 is 0 Å². The topological polar surface area (TPSA) is 84.7 Å². The Morgan fingerprint density at radius 1 is 1.48 bits per heavy atom. The molecular weight excluding hydrogens is 336 g/mol. The Balaban J connectivity index is 2.08. The zero-order chi connectivity index (χ0) is 18.8. The van der Waals surface area contributed by atoms with Crippen molar-refractivity contribution in [2.24, 2.45) is 0 Å². The van der Waals surface area contributed by atoms with E-state index in [4.69, 9.17) is 4.74 Å². The van der Waals surface area contributed by atoms with Gasteiger partial charge in [-0.3, -0.25) is 10.1 Å². The molecule has 1 aliphatic rings. The second-order valence-electron chi connectivity index (χ2n) is 6.92. The highest BCUT2D eigenvalue weighted by molar-refractivity contribution is 5.69. The van der Waals surface area contributed by atoms with Crippen LogP contribution in [-0.2, 0) is 4.74 Å². The fraction of sp³-hybridized carbons (Fsp3) is 0.562. The van der Waals surface area contributed by atoms with E-state index in [1.807, 2.05) is 0 Å². The summed E-state index contributed by atoms with van der Waals surface area (Å²) in [6.07, 6.45) is -1.73. The molecule has 2 atom stereocenters. The van der Waals surface area contributed by atoms with Gasteiger partial charge in [0, 0.05) is 13.0 Å². The van der Waals surface area contributed by atoms with E-state index in [0.717, 1.165) is 12.1 Å². The van der Waals surface area contributed by atoms with Crippen molar-refractivity contribution in [2.75, 3.05) is 18.4 Å². The standard InChI is InChI=1S/C16H21F2N3O4/c1-16(2,3)25-15(22)20-9-11(18)6-12(20)8-19-13-5-4-10(17)7-14(13)21(23)24/h4-5,7,11-12,19H,6,8-9H2,1-3H3/t11-,12-/m0/s1. The Hall–Kier alpha value is -2.45. The molecule has 9 heteroatoms. The normalized spacial score (nSPS) is 20.4. The Morgan fingerprint density at radius 3 is 2.76 bits per heavy atom. The Labute approximate surface area is 144 Å². The van der Waals surface area contributed by atoms with Crippen LogP contribution in [0.1, 0.15) is 27.2 Å². The molecule has 0 aromatic heterocycles. The van der Waals surface area contributed by atoms with Crippen molar-refractivity contribution in [2.45, 2.75) is 45.0 Å². The molecule has 7 nitrogen and oxygen atoms in total. The summed E-state index contributed by atoms with van der Waals surface area (Å²) in [7, 11) is 0. The minimum Gasteiger partial charge on any atom is -0.444 e. The van der Waals surface area contributed by atoms with Gasteiger partial charge in [0.1, 0.15) is 23.3 Å². The van der Waals surface area contributed by atoms with Crippen LogP contribution in [0.4, 0.5) is 25.0 Å². The average Bonchev–Trinajstić information content (AvgIpc) is 2.85. The van der Waals surface area contributed by atoms with Crippen LogP contribution in [0.15, 0.2) is 18.2 Å². The number of alkyl halides is 1. The predicted octanol–water partition coefficient (Wildman–Crippen LogP) is 3.49.